The Kier molecular flexibility index (Phi) is 6.29. The SMILES string of the molecule is CCCOC(=O)c1ccc(N2C(=O)C(O)=C(C(=O)C(C)(C)C)C2c2ccccc2)cc1. The zero-order valence-electron chi connectivity index (χ0n) is 18.2. The summed E-state index contributed by atoms with van der Waals surface area (Å²) in [5.41, 5.74) is 0.839. The molecule has 1 unspecified atom stereocenters. The molecular weight excluding hydrogens is 394 g/mol. The number of carbonyl (C=O) groups excluding carboxylic acids is 3. The number of Topliss-reactive ketones (excluding diaryl/α,β-unsaturated/α-hetero) is 1. The van der Waals surface area contributed by atoms with Crippen LogP contribution in [0.3, 0.4) is 0 Å². The number of hydrogen-bond acceptors (Lipinski definition) is 5. The third kappa shape index (κ3) is 4.38. The Balaban J connectivity index is 2.04. The topological polar surface area (TPSA) is 83.9 Å². The predicted molar refractivity (Wildman–Crippen MR) is 118 cm³/mol. The highest BCUT2D eigenvalue weighted by molar-refractivity contribution is 6.17. The molecule has 6 heteroatoms. The fraction of sp³-hybridized carbons (Fsp3) is 0.320. The van der Waals surface area contributed by atoms with Crippen LogP contribution in [-0.2, 0) is 14.3 Å². The molecule has 1 amide bonds. The number of esters is 1. The molecule has 0 aliphatic carbocycles. The van der Waals surface area contributed by atoms with Gasteiger partial charge in [-0.15, -0.1) is 0 Å². The second kappa shape index (κ2) is 8.76. The van der Waals surface area contributed by atoms with Crippen LogP contribution >= 0.6 is 0 Å². The van der Waals surface area contributed by atoms with Gasteiger partial charge < -0.3 is 9.84 Å². The number of carbonyl (C=O) groups is 3. The summed E-state index contributed by atoms with van der Waals surface area (Å²) in [5, 5.41) is 10.7. The molecule has 1 heterocycles. The fourth-order valence-corrected chi connectivity index (χ4v) is 3.49. The molecule has 0 fully saturated rings. The number of amides is 1. The Hall–Kier alpha value is -3.41. The van der Waals surface area contributed by atoms with Gasteiger partial charge in [-0.2, -0.15) is 0 Å². The molecule has 0 bridgehead atoms. The zero-order valence-corrected chi connectivity index (χ0v) is 18.2. The van der Waals surface area contributed by atoms with E-state index >= 15 is 0 Å². The molecule has 1 N–H and O–H groups in total. The lowest BCUT2D eigenvalue weighted by atomic mass is 9.82. The van der Waals surface area contributed by atoms with Crippen molar-refractivity contribution in [1.82, 2.24) is 0 Å². The first kappa shape index (κ1) is 22.3. The van der Waals surface area contributed by atoms with Crippen molar-refractivity contribution < 1.29 is 24.2 Å². The number of aliphatic hydroxyl groups excluding tert-OH is 1. The van der Waals surface area contributed by atoms with Crippen LogP contribution in [0.2, 0.25) is 0 Å². The smallest absolute Gasteiger partial charge is 0.338 e. The molecule has 1 atom stereocenters. The van der Waals surface area contributed by atoms with Crippen LogP contribution < -0.4 is 4.90 Å². The first-order valence-electron chi connectivity index (χ1n) is 10.3. The molecule has 2 aromatic carbocycles. The van der Waals surface area contributed by atoms with E-state index < -0.39 is 29.1 Å². The zero-order chi connectivity index (χ0) is 22.8. The van der Waals surface area contributed by atoms with Crippen molar-refractivity contribution in [3.63, 3.8) is 0 Å². The second-order valence-corrected chi connectivity index (χ2v) is 8.51. The minimum atomic E-state index is -0.778. The van der Waals surface area contributed by atoms with Gasteiger partial charge in [-0.05, 0) is 36.2 Å². The number of ketones is 1. The summed E-state index contributed by atoms with van der Waals surface area (Å²) in [6.07, 6.45) is 0.723. The van der Waals surface area contributed by atoms with Gasteiger partial charge in [0.2, 0.25) is 0 Å². The summed E-state index contributed by atoms with van der Waals surface area (Å²) < 4.78 is 5.14. The number of ether oxygens (including phenoxy) is 1. The number of benzene rings is 2. The number of rotatable bonds is 6. The average molecular weight is 421 g/mol. The summed E-state index contributed by atoms with van der Waals surface area (Å²) in [7, 11) is 0. The maximum Gasteiger partial charge on any atom is 0.338 e. The average Bonchev–Trinajstić information content (AvgIpc) is 3.02. The van der Waals surface area contributed by atoms with Gasteiger partial charge in [0.1, 0.15) is 0 Å². The van der Waals surface area contributed by atoms with E-state index in [0.29, 0.717) is 23.4 Å². The summed E-state index contributed by atoms with van der Waals surface area (Å²) in [6, 6.07) is 14.7. The van der Waals surface area contributed by atoms with E-state index in [0.717, 1.165) is 6.42 Å². The van der Waals surface area contributed by atoms with Crippen LogP contribution in [-0.4, -0.2) is 29.4 Å². The van der Waals surface area contributed by atoms with Crippen molar-refractivity contribution in [2.45, 2.75) is 40.2 Å². The van der Waals surface area contributed by atoms with E-state index in [1.165, 1.54) is 4.90 Å². The third-order valence-corrected chi connectivity index (χ3v) is 5.07. The van der Waals surface area contributed by atoms with Crippen molar-refractivity contribution in [2.75, 3.05) is 11.5 Å². The summed E-state index contributed by atoms with van der Waals surface area (Å²) in [6.45, 7) is 7.50. The summed E-state index contributed by atoms with van der Waals surface area (Å²) in [4.78, 5) is 39.7. The largest absolute Gasteiger partial charge is 0.503 e. The predicted octanol–water partition coefficient (Wildman–Crippen LogP) is 4.77. The van der Waals surface area contributed by atoms with Crippen molar-refractivity contribution in [3.05, 3.63) is 77.1 Å². The molecule has 1 aliphatic heterocycles. The molecule has 31 heavy (non-hydrogen) atoms. The van der Waals surface area contributed by atoms with Crippen molar-refractivity contribution in [3.8, 4) is 0 Å². The van der Waals surface area contributed by atoms with E-state index in [4.69, 9.17) is 4.74 Å². The van der Waals surface area contributed by atoms with Gasteiger partial charge >= 0.3 is 5.97 Å². The highest BCUT2D eigenvalue weighted by Gasteiger charge is 2.46. The molecule has 3 rings (SSSR count). The van der Waals surface area contributed by atoms with Crippen molar-refractivity contribution in [2.24, 2.45) is 5.41 Å². The first-order valence-corrected chi connectivity index (χ1v) is 10.3. The molecule has 6 nitrogen and oxygen atoms in total. The van der Waals surface area contributed by atoms with E-state index in [1.807, 2.05) is 37.3 Å². The lowest BCUT2D eigenvalue weighted by Gasteiger charge is -2.29. The lowest BCUT2D eigenvalue weighted by Crippen LogP contribution is -2.32. The van der Waals surface area contributed by atoms with Gasteiger partial charge in [-0.1, -0.05) is 58.0 Å². The molecule has 0 spiro atoms. The molecule has 0 aromatic heterocycles. The second-order valence-electron chi connectivity index (χ2n) is 8.51. The van der Waals surface area contributed by atoms with Crippen LogP contribution in [0.15, 0.2) is 65.9 Å². The van der Waals surface area contributed by atoms with Crippen molar-refractivity contribution >= 4 is 23.3 Å². The van der Waals surface area contributed by atoms with E-state index in [1.54, 1.807) is 45.0 Å². The van der Waals surface area contributed by atoms with E-state index in [2.05, 4.69) is 0 Å². The maximum atomic E-state index is 13.2. The fourth-order valence-electron chi connectivity index (χ4n) is 3.49. The lowest BCUT2D eigenvalue weighted by molar-refractivity contribution is -0.123. The van der Waals surface area contributed by atoms with Crippen LogP contribution in [0.4, 0.5) is 5.69 Å². The van der Waals surface area contributed by atoms with Gasteiger partial charge in [0.05, 0.1) is 23.8 Å². The summed E-state index contributed by atoms with van der Waals surface area (Å²) >= 11 is 0. The number of anilines is 1. The van der Waals surface area contributed by atoms with Gasteiger partial charge in [-0.3, -0.25) is 14.5 Å². The van der Waals surface area contributed by atoms with Gasteiger partial charge in [0, 0.05) is 11.1 Å². The van der Waals surface area contributed by atoms with E-state index in [-0.39, 0.29) is 11.4 Å². The highest BCUT2D eigenvalue weighted by atomic mass is 16.5. The Morgan fingerprint density at radius 3 is 2.19 bits per heavy atom. The summed E-state index contributed by atoms with van der Waals surface area (Å²) in [5.74, 6) is -1.93. The highest BCUT2D eigenvalue weighted by Crippen LogP contribution is 2.43. The van der Waals surface area contributed by atoms with E-state index in [9.17, 15) is 19.5 Å². The molecule has 162 valence electrons. The molecular formula is C25H27NO5. The molecule has 0 saturated heterocycles. The molecule has 0 saturated carbocycles. The number of hydrogen-bond donors (Lipinski definition) is 1. The number of aliphatic hydroxyl groups is 1. The maximum absolute atomic E-state index is 13.2. The van der Waals surface area contributed by atoms with Gasteiger partial charge in [0.15, 0.2) is 11.5 Å². The van der Waals surface area contributed by atoms with Crippen LogP contribution in [0.25, 0.3) is 0 Å². The van der Waals surface area contributed by atoms with Crippen molar-refractivity contribution in [1.29, 1.82) is 0 Å². The van der Waals surface area contributed by atoms with Crippen LogP contribution in [0.5, 0.6) is 0 Å². The minimum absolute atomic E-state index is 0.0788. The first-order chi connectivity index (χ1) is 14.7. The third-order valence-electron chi connectivity index (χ3n) is 5.07. The Morgan fingerprint density at radius 1 is 1.03 bits per heavy atom. The Morgan fingerprint density at radius 2 is 1.65 bits per heavy atom. The normalized spacial score (nSPS) is 16.6. The van der Waals surface area contributed by atoms with Crippen LogP contribution in [0.1, 0.15) is 56.1 Å². The molecule has 0 radical (unpaired) electrons. The molecule has 2 aromatic rings. The molecule has 1 aliphatic rings. The standard InChI is InChI=1S/C25H27NO5/c1-5-15-31-24(30)17-11-13-18(14-12-17)26-20(16-9-7-6-8-10-16)19(21(27)23(26)29)22(28)25(2,3)4/h6-14,20,27H,5,15H2,1-4H3. The Bertz CT molecular complexity index is 1020. The minimum Gasteiger partial charge on any atom is -0.503 e. The Labute approximate surface area is 182 Å². The number of nitrogens with zero attached hydrogens (tertiary/aromatic N) is 1. The van der Waals surface area contributed by atoms with Crippen LogP contribution in [0, 0.1) is 5.41 Å². The van der Waals surface area contributed by atoms with Gasteiger partial charge in [0.25, 0.3) is 5.91 Å². The van der Waals surface area contributed by atoms with Gasteiger partial charge in [-0.25, -0.2) is 4.79 Å². The monoisotopic (exact) mass is 421 g/mol. The quantitative estimate of drug-likeness (QED) is 0.680.